The lowest BCUT2D eigenvalue weighted by Gasteiger charge is -2.34. The van der Waals surface area contributed by atoms with Crippen molar-refractivity contribution in [3.63, 3.8) is 0 Å². The lowest BCUT2D eigenvalue weighted by atomic mass is 10.1. The van der Waals surface area contributed by atoms with Gasteiger partial charge >= 0.3 is 0 Å². The van der Waals surface area contributed by atoms with E-state index in [9.17, 15) is 8.78 Å². The van der Waals surface area contributed by atoms with Gasteiger partial charge in [0.05, 0.1) is 0 Å². The van der Waals surface area contributed by atoms with Crippen molar-refractivity contribution in [3.8, 4) is 0 Å². The molecule has 1 heterocycles. The van der Waals surface area contributed by atoms with Crippen LogP contribution >= 0.6 is 0 Å². The highest BCUT2D eigenvalue weighted by atomic mass is 19.1. The summed E-state index contributed by atoms with van der Waals surface area (Å²) < 4.78 is 26.8. The molecule has 2 rings (SSSR count). The van der Waals surface area contributed by atoms with E-state index >= 15 is 0 Å². The Hall–Kier alpha value is -1.16. The maximum absolute atomic E-state index is 13.4. The molecule has 0 radical (unpaired) electrons. The Morgan fingerprint density at radius 3 is 1.83 bits per heavy atom. The van der Waals surface area contributed by atoms with Gasteiger partial charge in [-0.25, -0.2) is 8.78 Å². The predicted molar refractivity (Wildman–Crippen MR) is 72.2 cm³/mol. The zero-order valence-corrected chi connectivity index (χ0v) is 11.6. The van der Waals surface area contributed by atoms with E-state index < -0.39 is 11.6 Å². The van der Waals surface area contributed by atoms with E-state index in [1.54, 1.807) is 0 Å². The number of rotatable bonds is 1. The van der Waals surface area contributed by atoms with E-state index in [1.165, 1.54) is 19.1 Å². The molecule has 0 unspecified atom stereocenters. The van der Waals surface area contributed by atoms with Gasteiger partial charge < -0.3 is 9.80 Å². The van der Waals surface area contributed by atoms with E-state index in [0.717, 1.165) is 26.2 Å². The Balaban J connectivity index is 0.000000771. The molecule has 1 aromatic rings. The Labute approximate surface area is 108 Å². The fourth-order valence-corrected chi connectivity index (χ4v) is 1.88. The van der Waals surface area contributed by atoms with Crippen LogP contribution in [0.25, 0.3) is 0 Å². The molecule has 1 saturated heterocycles. The predicted octanol–water partition coefficient (Wildman–Crippen LogP) is 3.05. The first-order chi connectivity index (χ1) is 8.58. The highest BCUT2D eigenvalue weighted by Crippen LogP contribution is 2.22. The molecule has 0 aliphatic carbocycles. The van der Waals surface area contributed by atoms with Crippen LogP contribution in [0.1, 0.15) is 19.4 Å². The molecule has 1 aliphatic heterocycles. The minimum atomic E-state index is -0.464. The SMILES string of the molecule is CC.Cc1c(F)cc(N2CCN(C)CC2)cc1F. The van der Waals surface area contributed by atoms with E-state index in [1.807, 2.05) is 25.8 Å². The first-order valence-corrected chi connectivity index (χ1v) is 6.47. The van der Waals surface area contributed by atoms with Crippen LogP contribution in [0.4, 0.5) is 14.5 Å². The van der Waals surface area contributed by atoms with Crippen LogP contribution in [0.15, 0.2) is 12.1 Å². The van der Waals surface area contributed by atoms with Crippen molar-refractivity contribution in [3.05, 3.63) is 29.3 Å². The molecule has 1 fully saturated rings. The summed E-state index contributed by atoms with van der Waals surface area (Å²) in [6.07, 6.45) is 0. The average Bonchev–Trinajstić information content (AvgIpc) is 2.38. The van der Waals surface area contributed by atoms with Crippen LogP contribution in [0.2, 0.25) is 0 Å². The smallest absolute Gasteiger partial charge is 0.131 e. The second-order valence-corrected chi connectivity index (χ2v) is 4.32. The molecule has 0 atom stereocenters. The summed E-state index contributed by atoms with van der Waals surface area (Å²) in [5.41, 5.74) is 0.742. The van der Waals surface area contributed by atoms with E-state index in [2.05, 4.69) is 4.90 Å². The van der Waals surface area contributed by atoms with Crippen molar-refractivity contribution in [1.82, 2.24) is 4.90 Å². The third-order valence-corrected chi connectivity index (χ3v) is 3.13. The van der Waals surface area contributed by atoms with Crippen LogP contribution in [0, 0.1) is 18.6 Å². The third kappa shape index (κ3) is 3.42. The summed E-state index contributed by atoms with van der Waals surface area (Å²) in [4.78, 5) is 4.23. The second-order valence-electron chi connectivity index (χ2n) is 4.32. The number of benzene rings is 1. The molecule has 0 bridgehead atoms. The zero-order valence-electron chi connectivity index (χ0n) is 11.6. The number of hydrogen-bond donors (Lipinski definition) is 0. The van der Waals surface area contributed by atoms with Gasteiger partial charge in [-0.3, -0.25) is 0 Å². The van der Waals surface area contributed by atoms with E-state index in [4.69, 9.17) is 0 Å². The lowest BCUT2D eigenvalue weighted by Crippen LogP contribution is -2.44. The third-order valence-electron chi connectivity index (χ3n) is 3.13. The van der Waals surface area contributed by atoms with Gasteiger partial charge in [0, 0.05) is 37.4 Å². The van der Waals surface area contributed by atoms with Gasteiger partial charge in [0.1, 0.15) is 11.6 Å². The van der Waals surface area contributed by atoms with Crippen molar-refractivity contribution in [2.45, 2.75) is 20.8 Å². The van der Waals surface area contributed by atoms with Gasteiger partial charge in [-0.05, 0) is 26.1 Å². The highest BCUT2D eigenvalue weighted by Gasteiger charge is 2.16. The van der Waals surface area contributed by atoms with Crippen molar-refractivity contribution in [2.75, 3.05) is 38.1 Å². The van der Waals surface area contributed by atoms with Crippen molar-refractivity contribution in [1.29, 1.82) is 0 Å². The molecule has 18 heavy (non-hydrogen) atoms. The zero-order chi connectivity index (χ0) is 13.7. The molecule has 0 aromatic heterocycles. The Kier molecular flexibility index (Phi) is 5.54. The largest absolute Gasteiger partial charge is 0.369 e. The Morgan fingerprint density at radius 2 is 1.39 bits per heavy atom. The molecule has 4 heteroatoms. The summed E-state index contributed by atoms with van der Waals surface area (Å²) in [6, 6.07) is 2.84. The molecular weight excluding hydrogens is 234 g/mol. The summed E-state index contributed by atoms with van der Waals surface area (Å²) in [7, 11) is 2.05. The number of hydrogen-bond acceptors (Lipinski definition) is 2. The molecular formula is C14H22F2N2. The minimum Gasteiger partial charge on any atom is -0.369 e. The van der Waals surface area contributed by atoms with Gasteiger partial charge in [-0.1, -0.05) is 13.8 Å². The summed E-state index contributed by atoms with van der Waals surface area (Å²) in [5.74, 6) is -0.928. The number of halogens is 2. The Morgan fingerprint density at radius 1 is 0.944 bits per heavy atom. The standard InChI is InChI=1S/C12H16F2N2.C2H6/c1-9-11(13)7-10(8-12(9)14)16-5-3-15(2)4-6-16;1-2/h7-8H,3-6H2,1-2H3;1-2H3. The Bertz CT molecular complexity index is 362. The number of likely N-dealkylation sites (N-methyl/N-ethyl adjacent to an activating group) is 1. The molecule has 0 N–H and O–H groups in total. The summed E-state index contributed by atoms with van der Waals surface area (Å²) in [5, 5.41) is 0. The topological polar surface area (TPSA) is 6.48 Å². The summed E-state index contributed by atoms with van der Waals surface area (Å²) >= 11 is 0. The van der Waals surface area contributed by atoms with Crippen LogP contribution in [-0.4, -0.2) is 38.1 Å². The first kappa shape index (κ1) is 14.9. The van der Waals surface area contributed by atoms with Crippen molar-refractivity contribution < 1.29 is 8.78 Å². The average molecular weight is 256 g/mol. The quantitative estimate of drug-likeness (QED) is 0.762. The molecule has 0 spiro atoms. The number of piperazine rings is 1. The van der Waals surface area contributed by atoms with Gasteiger partial charge in [-0.15, -0.1) is 0 Å². The van der Waals surface area contributed by atoms with Crippen LogP contribution in [-0.2, 0) is 0 Å². The lowest BCUT2D eigenvalue weighted by molar-refractivity contribution is 0.312. The van der Waals surface area contributed by atoms with Gasteiger partial charge in [0.2, 0.25) is 0 Å². The van der Waals surface area contributed by atoms with Crippen molar-refractivity contribution >= 4 is 5.69 Å². The van der Waals surface area contributed by atoms with E-state index in [-0.39, 0.29) is 5.56 Å². The molecule has 102 valence electrons. The molecule has 0 saturated carbocycles. The molecule has 2 nitrogen and oxygen atoms in total. The number of anilines is 1. The van der Waals surface area contributed by atoms with Gasteiger partial charge in [0.15, 0.2) is 0 Å². The van der Waals surface area contributed by atoms with Crippen LogP contribution in [0.3, 0.4) is 0 Å². The van der Waals surface area contributed by atoms with Crippen molar-refractivity contribution in [2.24, 2.45) is 0 Å². The molecule has 1 aromatic carbocycles. The monoisotopic (exact) mass is 256 g/mol. The maximum Gasteiger partial charge on any atom is 0.131 e. The fourth-order valence-electron chi connectivity index (χ4n) is 1.88. The molecule has 1 aliphatic rings. The second kappa shape index (κ2) is 6.69. The highest BCUT2D eigenvalue weighted by molar-refractivity contribution is 5.49. The van der Waals surface area contributed by atoms with E-state index in [0.29, 0.717) is 5.69 Å². The maximum atomic E-state index is 13.4. The van der Waals surface area contributed by atoms with Crippen LogP contribution < -0.4 is 4.90 Å². The molecule has 0 amide bonds. The minimum absolute atomic E-state index is 0.0953. The summed E-state index contributed by atoms with van der Waals surface area (Å²) in [6.45, 7) is 8.95. The van der Waals surface area contributed by atoms with Gasteiger partial charge in [0.25, 0.3) is 0 Å². The number of nitrogens with zero attached hydrogens (tertiary/aromatic N) is 2. The van der Waals surface area contributed by atoms with Gasteiger partial charge in [-0.2, -0.15) is 0 Å². The fraction of sp³-hybridized carbons (Fsp3) is 0.571. The first-order valence-electron chi connectivity index (χ1n) is 6.47. The van der Waals surface area contributed by atoms with Crippen LogP contribution in [0.5, 0.6) is 0 Å². The normalized spacial score (nSPS) is 16.2.